The number of nitrogens with zero attached hydrogens (tertiary/aromatic N) is 3. The number of aryl methyl sites for hydroxylation is 2. The van der Waals surface area contributed by atoms with Gasteiger partial charge >= 0.3 is 5.97 Å². The van der Waals surface area contributed by atoms with E-state index in [0.29, 0.717) is 18.1 Å². The van der Waals surface area contributed by atoms with Gasteiger partial charge in [0.05, 0.1) is 23.9 Å². The summed E-state index contributed by atoms with van der Waals surface area (Å²) in [5.74, 6) is 1.90. The molecule has 0 N–H and O–H groups in total. The molecule has 3 aromatic heterocycles. The average Bonchev–Trinajstić information content (AvgIpc) is 3.48. The third-order valence-corrected chi connectivity index (χ3v) is 4.39. The fourth-order valence-electron chi connectivity index (χ4n) is 2.74. The van der Waals surface area contributed by atoms with Gasteiger partial charge in [-0.1, -0.05) is 17.3 Å². The molecule has 0 spiro atoms. The summed E-state index contributed by atoms with van der Waals surface area (Å²) < 4.78 is 26.7. The van der Waals surface area contributed by atoms with Crippen LogP contribution in [0.4, 0.5) is 0 Å². The third-order valence-electron chi connectivity index (χ3n) is 4.39. The fraction of sp³-hybridized carbons (Fsp3) is 0.238. The van der Waals surface area contributed by atoms with Crippen LogP contribution in [0, 0.1) is 13.8 Å². The number of furan rings is 1. The summed E-state index contributed by atoms with van der Waals surface area (Å²) in [5, 5.41) is 11.6. The van der Waals surface area contributed by atoms with Crippen molar-refractivity contribution in [3.05, 3.63) is 71.1 Å². The van der Waals surface area contributed by atoms with E-state index in [1.54, 1.807) is 24.3 Å². The Kier molecular flexibility index (Phi) is 5.60. The average molecular weight is 409 g/mol. The summed E-state index contributed by atoms with van der Waals surface area (Å²) >= 11 is 0. The van der Waals surface area contributed by atoms with Gasteiger partial charge in [0.25, 0.3) is 11.8 Å². The van der Waals surface area contributed by atoms with Crippen LogP contribution in [0.2, 0.25) is 0 Å². The van der Waals surface area contributed by atoms with Gasteiger partial charge < -0.3 is 22.8 Å². The number of hydrogen-bond acceptors (Lipinski definition) is 9. The third kappa shape index (κ3) is 4.57. The molecule has 0 bridgehead atoms. The van der Waals surface area contributed by atoms with Crippen LogP contribution in [0.15, 0.2) is 56.0 Å². The van der Waals surface area contributed by atoms with Crippen LogP contribution >= 0.6 is 0 Å². The highest BCUT2D eigenvalue weighted by Crippen LogP contribution is 2.19. The van der Waals surface area contributed by atoms with Gasteiger partial charge in [0.15, 0.2) is 12.4 Å². The van der Waals surface area contributed by atoms with Crippen molar-refractivity contribution < 1.29 is 27.6 Å². The van der Waals surface area contributed by atoms with E-state index in [2.05, 4.69) is 15.4 Å². The minimum absolute atomic E-state index is 0.106. The van der Waals surface area contributed by atoms with E-state index >= 15 is 0 Å². The van der Waals surface area contributed by atoms with Crippen molar-refractivity contribution in [1.82, 2.24) is 15.4 Å². The van der Waals surface area contributed by atoms with Gasteiger partial charge in [0.1, 0.15) is 18.1 Å². The number of rotatable bonds is 8. The Morgan fingerprint density at radius 2 is 1.90 bits per heavy atom. The van der Waals surface area contributed by atoms with Gasteiger partial charge in [0, 0.05) is 0 Å². The Bertz CT molecular complexity index is 1090. The molecule has 0 aliphatic rings. The van der Waals surface area contributed by atoms with E-state index < -0.39 is 5.97 Å². The predicted octanol–water partition coefficient (Wildman–Crippen LogP) is 3.80. The van der Waals surface area contributed by atoms with E-state index in [1.165, 1.54) is 6.26 Å². The maximum absolute atomic E-state index is 12.1. The highest BCUT2D eigenvalue weighted by molar-refractivity contribution is 5.72. The molecule has 0 radical (unpaired) electrons. The Balaban J connectivity index is 1.25. The summed E-state index contributed by atoms with van der Waals surface area (Å²) in [6.07, 6.45) is 1.62. The lowest BCUT2D eigenvalue weighted by Crippen LogP contribution is -2.08. The van der Waals surface area contributed by atoms with E-state index in [1.807, 2.05) is 26.0 Å². The van der Waals surface area contributed by atoms with Crippen molar-refractivity contribution in [3.63, 3.8) is 0 Å². The molecule has 0 fully saturated rings. The van der Waals surface area contributed by atoms with Gasteiger partial charge in [-0.3, -0.25) is 4.79 Å². The van der Waals surface area contributed by atoms with E-state index in [0.717, 1.165) is 22.6 Å². The number of esters is 1. The van der Waals surface area contributed by atoms with Crippen LogP contribution < -0.4 is 4.74 Å². The van der Waals surface area contributed by atoms with Crippen LogP contribution in [-0.2, 0) is 29.2 Å². The zero-order valence-electron chi connectivity index (χ0n) is 16.5. The Hall–Kier alpha value is -3.88. The zero-order valence-corrected chi connectivity index (χ0v) is 16.5. The highest BCUT2D eigenvalue weighted by atomic mass is 16.5. The molecule has 0 unspecified atom stereocenters. The van der Waals surface area contributed by atoms with Crippen LogP contribution in [0.25, 0.3) is 11.7 Å². The molecule has 4 rings (SSSR count). The van der Waals surface area contributed by atoms with Crippen LogP contribution in [0.1, 0.15) is 28.5 Å². The molecule has 0 saturated heterocycles. The lowest BCUT2D eigenvalue weighted by atomic mass is 10.1. The SMILES string of the molecule is Cc1noc(C)c1COc1ccc(CC(=O)OCc2nnc(-c3ccco3)o2)cc1. The summed E-state index contributed by atoms with van der Waals surface area (Å²) in [7, 11) is 0. The first-order valence-electron chi connectivity index (χ1n) is 9.24. The molecule has 3 heterocycles. The summed E-state index contributed by atoms with van der Waals surface area (Å²) in [6, 6.07) is 10.6. The zero-order chi connectivity index (χ0) is 20.9. The molecular formula is C21H19N3O6. The normalized spacial score (nSPS) is 10.9. The van der Waals surface area contributed by atoms with E-state index in [4.69, 9.17) is 22.8 Å². The fourth-order valence-corrected chi connectivity index (χ4v) is 2.74. The molecule has 0 aliphatic carbocycles. The van der Waals surface area contributed by atoms with E-state index in [9.17, 15) is 4.79 Å². The maximum atomic E-state index is 12.1. The molecule has 4 aromatic rings. The number of hydrogen-bond donors (Lipinski definition) is 0. The molecule has 0 amide bonds. The van der Waals surface area contributed by atoms with Crippen LogP contribution in [0.5, 0.6) is 5.75 Å². The second-order valence-corrected chi connectivity index (χ2v) is 6.55. The second-order valence-electron chi connectivity index (χ2n) is 6.55. The molecule has 154 valence electrons. The lowest BCUT2D eigenvalue weighted by molar-refractivity contribution is -0.144. The van der Waals surface area contributed by atoms with Crippen LogP contribution in [-0.4, -0.2) is 21.3 Å². The number of aromatic nitrogens is 3. The molecular weight excluding hydrogens is 390 g/mol. The largest absolute Gasteiger partial charge is 0.489 e. The van der Waals surface area contributed by atoms with Gasteiger partial charge in [-0.25, -0.2) is 0 Å². The van der Waals surface area contributed by atoms with Gasteiger partial charge in [0.2, 0.25) is 0 Å². The molecule has 0 saturated carbocycles. The maximum Gasteiger partial charge on any atom is 0.310 e. The quantitative estimate of drug-likeness (QED) is 0.401. The Labute approximate surface area is 171 Å². The number of carbonyl (C=O) groups excluding carboxylic acids is 1. The Morgan fingerprint density at radius 1 is 1.07 bits per heavy atom. The monoisotopic (exact) mass is 409 g/mol. The van der Waals surface area contributed by atoms with Gasteiger partial charge in [-0.2, -0.15) is 0 Å². The molecule has 9 nitrogen and oxygen atoms in total. The number of benzene rings is 1. The molecule has 0 aliphatic heterocycles. The van der Waals surface area contributed by atoms with Crippen molar-refractivity contribution in [2.75, 3.05) is 0 Å². The molecule has 30 heavy (non-hydrogen) atoms. The van der Waals surface area contributed by atoms with Crippen molar-refractivity contribution in [2.24, 2.45) is 0 Å². The van der Waals surface area contributed by atoms with Crippen molar-refractivity contribution >= 4 is 5.97 Å². The Morgan fingerprint density at radius 3 is 2.60 bits per heavy atom. The lowest BCUT2D eigenvalue weighted by Gasteiger charge is -2.07. The van der Waals surface area contributed by atoms with Gasteiger partial charge in [-0.05, 0) is 43.7 Å². The molecule has 0 atom stereocenters. The van der Waals surface area contributed by atoms with Crippen molar-refractivity contribution in [2.45, 2.75) is 33.5 Å². The first-order chi connectivity index (χ1) is 14.6. The minimum Gasteiger partial charge on any atom is -0.489 e. The van der Waals surface area contributed by atoms with Crippen molar-refractivity contribution in [1.29, 1.82) is 0 Å². The minimum atomic E-state index is -0.405. The standard InChI is InChI=1S/C21H19N3O6/c1-13-17(14(2)30-24-13)11-27-16-7-5-15(6-8-16)10-20(25)28-12-19-22-23-21(29-19)18-4-3-9-26-18/h3-9H,10-12H2,1-2H3. The molecule has 9 heteroatoms. The van der Waals surface area contributed by atoms with Gasteiger partial charge in [-0.15, -0.1) is 10.2 Å². The topological polar surface area (TPSA) is 114 Å². The number of carbonyl (C=O) groups is 1. The first-order valence-corrected chi connectivity index (χ1v) is 9.24. The van der Waals surface area contributed by atoms with Crippen LogP contribution in [0.3, 0.4) is 0 Å². The summed E-state index contributed by atoms with van der Waals surface area (Å²) in [5.41, 5.74) is 2.54. The highest BCUT2D eigenvalue weighted by Gasteiger charge is 2.13. The second kappa shape index (κ2) is 8.64. The summed E-state index contributed by atoms with van der Waals surface area (Å²) in [4.78, 5) is 12.1. The summed E-state index contributed by atoms with van der Waals surface area (Å²) in [6.45, 7) is 3.98. The smallest absolute Gasteiger partial charge is 0.310 e. The first kappa shape index (κ1) is 19.4. The predicted molar refractivity (Wildman–Crippen MR) is 102 cm³/mol. The van der Waals surface area contributed by atoms with Crippen molar-refractivity contribution in [3.8, 4) is 17.4 Å². The number of ether oxygens (including phenoxy) is 2. The molecule has 1 aromatic carbocycles. The van der Waals surface area contributed by atoms with E-state index in [-0.39, 0.29) is 24.8 Å².